The van der Waals surface area contributed by atoms with Crippen LogP contribution in [0.5, 0.6) is 0 Å². The van der Waals surface area contributed by atoms with E-state index in [1.165, 1.54) is 21.0 Å². The third-order valence-electron chi connectivity index (χ3n) is 3.65. The summed E-state index contributed by atoms with van der Waals surface area (Å²) >= 11 is 1.77. The first-order valence-corrected chi connectivity index (χ1v) is 7.82. The van der Waals surface area contributed by atoms with Gasteiger partial charge in [-0.25, -0.2) is 0 Å². The number of benzene rings is 2. The highest BCUT2D eigenvalue weighted by Gasteiger charge is 2.02. The summed E-state index contributed by atoms with van der Waals surface area (Å²) in [6.45, 7) is 0.782. The molecule has 3 heteroatoms. The predicted octanol–water partition coefficient (Wildman–Crippen LogP) is 5.06. The SMILES string of the molecule is c1cnc2c(CNc3ccc4sccc4c3)cccc2c1. The van der Waals surface area contributed by atoms with E-state index in [0.29, 0.717) is 0 Å². The van der Waals surface area contributed by atoms with Crippen LogP contribution in [0.15, 0.2) is 66.2 Å². The molecule has 0 bridgehead atoms. The monoisotopic (exact) mass is 290 g/mol. The van der Waals surface area contributed by atoms with Crippen molar-refractivity contribution in [3.8, 4) is 0 Å². The van der Waals surface area contributed by atoms with Gasteiger partial charge < -0.3 is 5.32 Å². The summed E-state index contributed by atoms with van der Waals surface area (Å²) in [5, 5.41) is 8.11. The smallest absolute Gasteiger partial charge is 0.0751 e. The van der Waals surface area contributed by atoms with E-state index in [2.05, 4.69) is 64.2 Å². The first-order valence-electron chi connectivity index (χ1n) is 6.94. The summed E-state index contributed by atoms with van der Waals surface area (Å²) in [4.78, 5) is 4.50. The number of para-hydroxylation sites is 1. The van der Waals surface area contributed by atoms with Crippen LogP contribution in [0.2, 0.25) is 0 Å². The van der Waals surface area contributed by atoms with Crippen LogP contribution in [0.25, 0.3) is 21.0 Å². The Morgan fingerprint density at radius 3 is 2.90 bits per heavy atom. The van der Waals surface area contributed by atoms with Gasteiger partial charge in [0.25, 0.3) is 0 Å². The molecule has 0 aliphatic heterocycles. The Bertz CT molecular complexity index is 906. The molecule has 2 nitrogen and oxygen atoms in total. The molecule has 2 aromatic carbocycles. The molecule has 2 aromatic heterocycles. The van der Waals surface area contributed by atoms with E-state index < -0.39 is 0 Å². The zero-order valence-electron chi connectivity index (χ0n) is 11.4. The van der Waals surface area contributed by atoms with Gasteiger partial charge in [-0.15, -0.1) is 11.3 Å². The van der Waals surface area contributed by atoms with E-state index in [1.54, 1.807) is 11.3 Å². The lowest BCUT2D eigenvalue weighted by Gasteiger charge is -2.09. The predicted molar refractivity (Wildman–Crippen MR) is 90.9 cm³/mol. The Morgan fingerprint density at radius 1 is 0.952 bits per heavy atom. The largest absolute Gasteiger partial charge is 0.381 e. The van der Waals surface area contributed by atoms with E-state index in [1.807, 2.05) is 12.3 Å². The van der Waals surface area contributed by atoms with Crippen molar-refractivity contribution >= 4 is 38.0 Å². The van der Waals surface area contributed by atoms with Crippen molar-refractivity contribution < 1.29 is 0 Å². The molecule has 0 aliphatic carbocycles. The fraction of sp³-hybridized carbons (Fsp3) is 0.0556. The highest BCUT2D eigenvalue weighted by Crippen LogP contribution is 2.24. The van der Waals surface area contributed by atoms with Gasteiger partial charge in [0.2, 0.25) is 0 Å². The molecule has 0 amide bonds. The van der Waals surface area contributed by atoms with Gasteiger partial charge in [-0.3, -0.25) is 4.98 Å². The van der Waals surface area contributed by atoms with Gasteiger partial charge >= 0.3 is 0 Å². The highest BCUT2D eigenvalue weighted by molar-refractivity contribution is 7.17. The van der Waals surface area contributed by atoms with Crippen LogP contribution >= 0.6 is 11.3 Å². The maximum atomic E-state index is 4.50. The Kier molecular flexibility index (Phi) is 3.05. The van der Waals surface area contributed by atoms with Crippen molar-refractivity contribution in [3.63, 3.8) is 0 Å². The van der Waals surface area contributed by atoms with Gasteiger partial charge in [-0.2, -0.15) is 0 Å². The average Bonchev–Trinajstić information content (AvgIpc) is 3.00. The Hall–Kier alpha value is -2.39. The van der Waals surface area contributed by atoms with Crippen LogP contribution in [0.4, 0.5) is 5.69 Å². The second kappa shape index (κ2) is 5.19. The molecule has 0 saturated heterocycles. The quantitative estimate of drug-likeness (QED) is 0.570. The number of nitrogens with zero attached hydrogens (tertiary/aromatic N) is 1. The van der Waals surface area contributed by atoms with Crippen LogP contribution in [-0.4, -0.2) is 4.98 Å². The number of thiophene rings is 1. The molecule has 21 heavy (non-hydrogen) atoms. The van der Waals surface area contributed by atoms with E-state index >= 15 is 0 Å². The lowest BCUT2D eigenvalue weighted by Crippen LogP contribution is -2.00. The second-order valence-corrected chi connectivity index (χ2v) is 5.97. The molecule has 4 rings (SSSR count). The number of rotatable bonds is 3. The molecular formula is C18H14N2S. The van der Waals surface area contributed by atoms with Gasteiger partial charge in [0, 0.05) is 28.5 Å². The Labute approximate surface area is 127 Å². The molecule has 0 fully saturated rings. The number of aromatic nitrogens is 1. The normalized spacial score (nSPS) is 11.0. The van der Waals surface area contributed by atoms with E-state index in [0.717, 1.165) is 17.7 Å². The number of pyridine rings is 1. The molecular weight excluding hydrogens is 276 g/mol. The third kappa shape index (κ3) is 2.36. The number of hydrogen-bond donors (Lipinski definition) is 1. The number of nitrogens with one attached hydrogen (secondary N) is 1. The van der Waals surface area contributed by atoms with Gasteiger partial charge in [0.05, 0.1) is 5.52 Å². The molecule has 0 radical (unpaired) electrons. The van der Waals surface area contributed by atoms with Crippen molar-refractivity contribution in [1.82, 2.24) is 4.98 Å². The van der Waals surface area contributed by atoms with Crippen LogP contribution in [0, 0.1) is 0 Å². The third-order valence-corrected chi connectivity index (χ3v) is 4.55. The number of hydrogen-bond acceptors (Lipinski definition) is 3. The Balaban J connectivity index is 1.63. The van der Waals surface area contributed by atoms with E-state index in [-0.39, 0.29) is 0 Å². The maximum Gasteiger partial charge on any atom is 0.0751 e. The first kappa shape index (κ1) is 12.4. The summed E-state index contributed by atoms with van der Waals surface area (Å²) in [7, 11) is 0. The van der Waals surface area contributed by atoms with Crippen molar-refractivity contribution in [3.05, 3.63) is 71.7 Å². The minimum atomic E-state index is 0.782. The number of fused-ring (bicyclic) bond motifs is 2. The summed E-state index contributed by atoms with van der Waals surface area (Å²) in [5.41, 5.74) is 3.44. The van der Waals surface area contributed by atoms with Crippen molar-refractivity contribution in [2.45, 2.75) is 6.54 Å². The van der Waals surface area contributed by atoms with Crippen LogP contribution in [0.3, 0.4) is 0 Å². The van der Waals surface area contributed by atoms with Gasteiger partial charge in [-0.1, -0.05) is 24.3 Å². The molecule has 102 valence electrons. The standard InChI is InChI=1S/C18H14N2S/c1-3-13-5-2-9-19-18(13)15(4-1)12-20-16-6-7-17-14(11-16)8-10-21-17/h1-11,20H,12H2. The van der Waals surface area contributed by atoms with E-state index in [4.69, 9.17) is 0 Å². The van der Waals surface area contributed by atoms with Gasteiger partial charge in [0.15, 0.2) is 0 Å². The van der Waals surface area contributed by atoms with E-state index in [9.17, 15) is 0 Å². The molecule has 0 unspecified atom stereocenters. The van der Waals surface area contributed by atoms with Crippen LogP contribution < -0.4 is 5.32 Å². The van der Waals surface area contributed by atoms with Gasteiger partial charge in [0.1, 0.15) is 0 Å². The summed E-state index contributed by atoms with van der Waals surface area (Å²) in [6, 6.07) is 19.1. The summed E-state index contributed by atoms with van der Waals surface area (Å²) < 4.78 is 1.33. The zero-order chi connectivity index (χ0) is 14.1. The van der Waals surface area contributed by atoms with Gasteiger partial charge in [-0.05, 0) is 46.7 Å². The summed E-state index contributed by atoms with van der Waals surface area (Å²) in [6.07, 6.45) is 1.85. The fourth-order valence-electron chi connectivity index (χ4n) is 2.58. The molecule has 0 saturated carbocycles. The Morgan fingerprint density at radius 2 is 1.90 bits per heavy atom. The van der Waals surface area contributed by atoms with Crippen LogP contribution in [-0.2, 0) is 6.54 Å². The molecule has 2 heterocycles. The highest BCUT2D eigenvalue weighted by atomic mass is 32.1. The topological polar surface area (TPSA) is 24.9 Å². The lowest BCUT2D eigenvalue weighted by molar-refractivity contribution is 1.15. The molecule has 0 spiro atoms. The van der Waals surface area contributed by atoms with Crippen LogP contribution in [0.1, 0.15) is 5.56 Å². The first-order chi connectivity index (χ1) is 10.4. The summed E-state index contributed by atoms with van der Waals surface area (Å²) in [5.74, 6) is 0. The number of anilines is 1. The fourth-order valence-corrected chi connectivity index (χ4v) is 3.35. The molecule has 4 aromatic rings. The maximum absolute atomic E-state index is 4.50. The lowest BCUT2D eigenvalue weighted by atomic mass is 10.1. The minimum absolute atomic E-state index is 0.782. The molecule has 0 atom stereocenters. The second-order valence-electron chi connectivity index (χ2n) is 5.02. The molecule has 1 N–H and O–H groups in total. The van der Waals surface area contributed by atoms with Crippen molar-refractivity contribution in [1.29, 1.82) is 0 Å². The average molecular weight is 290 g/mol. The minimum Gasteiger partial charge on any atom is -0.381 e. The molecule has 0 aliphatic rings. The van der Waals surface area contributed by atoms with Crippen molar-refractivity contribution in [2.24, 2.45) is 0 Å². The van der Waals surface area contributed by atoms with Crippen molar-refractivity contribution in [2.75, 3.05) is 5.32 Å². The zero-order valence-corrected chi connectivity index (χ0v) is 12.2.